The molecule has 1 aromatic heterocycles. The number of aliphatic hydroxyl groups is 1. The highest BCUT2D eigenvalue weighted by Gasteiger charge is 2.48. The summed E-state index contributed by atoms with van der Waals surface area (Å²) < 4.78 is 5.08. The number of nitrogens with zero attached hydrogens (tertiary/aromatic N) is 3. The summed E-state index contributed by atoms with van der Waals surface area (Å²) in [7, 11) is 1.58. The molecule has 1 fully saturated rings. The second kappa shape index (κ2) is 3.84. The zero-order valence-electron chi connectivity index (χ0n) is 10.8. The molecule has 1 saturated heterocycles. The number of ether oxygens (including phenoxy) is 1. The van der Waals surface area contributed by atoms with E-state index in [1.54, 1.807) is 19.4 Å². The highest BCUT2D eigenvalue weighted by molar-refractivity contribution is 5.36. The fourth-order valence-electron chi connectivity index (χ4n) is 2.03. The molecule has 0 aliphatic carbocycles. The third kappa shape index (κ3) is 2.07. The van der Waals surface area contributed by atoms with Gasteiger partial charge in [-0.15, -0.1) is 0 Å². The number of β-amino-alcohol motifs (C(OH)–C–C–N with tert-alkyl or cyclic N) is 1. The predicted molar refractivity (Wildman–Crippen MR) is 65.2 cm³/mol. The van der Waals surface area contributed by atoms with Gasteiger partial charge in [0.05, 0.1) is 12.7 Å². The van der Waals surface area contributed by atoms with Gasteiger partial charge in [-0.2, -0.15) is 4.98 Å². The number of hydrogen-bond acceptors (Lipinski definition) is 5. The molecule has 0 bridgehead atoms. The average Bonchev–Trinajstić information content (AvgIpc) is 2.48. The van der Waals surface area contributed by atoms with Crippen molar-refractivity contribution in [3.63, 3.8) is 0 Å². The monoisotopic (exact) mass is 237 g/mol. The van der Waals surface area contributed by atoms with Crippen LogP contribution < -0.4 is 9.64 Å². The molecule has 0 amide bonds. The highest BCUT2D eigenvalue weighted by Crippen LogP contribution is 2.39. The van der Waals surface area contributed by atoms with E-state index >= 15 is 0 Å². The smallest absolute Gasteiger partial charge is 0.228 e. The maximum Gasteiger partial charge on any atom is 0.228 e. The number of methoxy groups -OCH3 is 1. The van der Waals surface area contributed by atoms with Crippen LogP contribution in [0.15, 0.2) is 12.3 Å². The van der Waals surface area contributed by atoms with E-state index < -0.39 is 5.60 Å². The summed E-state index contributed by atoms with van der Waals surface area (Å²) in [6, 6.07) is 1.71. The summed E-state index contributed by atoms with van der Waals surface area (Å²) >= 11 is 0. The van der Waals surface area contributed by atoms with Crippen LogP contribution in [0, 0.1) is 5.41 Å². The Morgan fingerprint density at radius 1 is 1.35 bits per heavy atom. The van der Waals surface area contributed by atoms with Gasteiger partial charge < -0.3 is 14.7 Å². The van der Waals surface area contributed by atoms with Crippen molar-refractivity contribution in [1.82, 2.24) is 9.97 Å². The van der Waals surface area contributed by atoms with Gasteiger partial charge in [0.15, 0.2) is 0 Å². The summed E-state index contributed by atoms with van der Waals surface area (Å²) in [6.45, 7) is 7.22. The Morgan fingerprint density at radius 3 is 2.59 bits per heavy atom. The fourth-order valence-corrected chi connectivity index (χ4v) is 2.03. The van der Waals surface area contributed by atoms with Crippen LogP contribution in [0.3, 0.4) is 0 Å². The molecular weight excluding hydrogens is 218 g/mol. The van der Waals surface area contributed by atoms with E-state index in [4.69, 9.17) is 4.74 Å². The first-order valence-electron chi connectivity index (χ1n) is 5.70. The maximum atomic E-state index is 10.4. The summed E-state index contributed by atoms with van der Waals surface area (Å²) in [6.07, 6.45) is 1.67. The third-order valence-electron chi connectivity index (χ3n) is 3.65. The Hall–Kier alpha value is -1.36. The molecule has 2 heterocycles. The van der Waals surface area contributed by atoms with Gasteiger partial charge in [-0.05, 0) is 6.92 Å². The van der Waals surface area contributed by atoms with E-state index in [-0.39, 0.29) is 5.41 Å². The lowest BCUT2D eigenvalue weighted by Crippen LogP contribution is -2.40. The number of rotatable bonds is 2. The molecule has 1 atom stereocenters. The second-order valence-corrected chi connectivity index (χ2v) is 5.41. The van der Waals surface area contributed by atoms with Crippen molar-refractivity contribution in [2.75, 3.05) is 25.1 Å². The first kappa shape index (κ1) is 12.1. The van der Waals surface area contributed by atoms with Gasteiger partial charge in [0.2, 0.25) is 11.8 Å². The molecule has 1 aliphatic rings. The summed E-state index contributed by atoms with van der Waals surface area (Å²) in [4.78, 5) is 10.5. The quantitative estimate of drug-likeness (QED) is 0.834. The van der Waals surface area contributed by atoms with Gasteiger partial charge in [0.1, 0.15) is 0 Å². The Bertz CT molecular complexity index is 402. The van der Waals surface area contributed by atoms with Crippen LogP contribution in [0.1, 0.15) is 20.8 Å². The lowest BCUT2D eigenvalue weighted by atomic mass is 9.79. The van der Waals surface area contributed by atoms with Crippen molar-refractivity contribution in [2.45, 2.75) is 26.4 Å². The third-order valence-corrected chi connectivity index (χ3v) is 3.65. The van der Waals surface area contributed by atoms with Gasteiger partial charge in [-0.3, -0.25) is 0 Å². The minimum Gasteiger partial charge on any atom is -0.481 e. The number of anilines is 1. The first-order chi connectivity index (χ1) is 7.86. The van der Waals surface area contributed by atoms with Crippen LogP contribution in [0.4, 0.5) is 5.95 Å². The largest absolute Gasteiger partial charge is 0.481 e. The lowest BCUT2D eigenvalue weighted by molar-refractivity contribution is -0.00891. The topological polar surface area (TPSA) is 58.5 Å². The summed E-state index contributed by atoms with van der Waals surface area (Å²) in [5.74, 6) is 1.15. The molecule has 5 nitrogen and oxygen atoms in total. The van der Waals surface area contributed by atoms with E-state index in [1.165, 1.54) is 0 Å². The van der Waals surface area contributed by atoms with Gasteiger partial charge in [-0.25, -0.2) is 4.98 Å². The number of aromatic nitrogens is 2. The minimum atomic E-state index is -0.737. The van der Waals surface area contributed by atoms with Crippen LogP contribution in [-0.4, -0.2) is 40.9 Å². The minimum absolute atomic E-state index is 0.181. The Labute approximate surface area is 101 Å². The van der Waals surface area contributed by atoms with Crippen LogP contribution in [0.25, 0.3) is 0 Å². The van der Waals surface area contributed by atoms with Crippen LogP contribution in [-0.2, 0) is 0 Å². The van der Waals surface area contributed by atoms with E-state index in [1.807, 2.05) is 25.7 Å². The zero-order chi connectivity index (χ0) is 12.7. The van der Waals surface area contributed by atoms with Crippen molar-refractivity contribution in [2.24, 2.45) is 5.41 Å². The molecule has 0 aromatic carbocycles. The molecular formula is C12H19N3O2. The normalized spacial score (nSPS) is 27.2. The SMILES string of the molecule is COc1ccnc(N2CC(C)(C)[C@](C)(O)C2)n1. The lowest BCUT2D eigenvalue weighted by Gasteiger charge is -2.30. The fraction of sp³-hybridized carbons (Fsp3) is 0.667. The maximum absolute atomic E-state index is 10.4. The molecule has 0 radical (unpaired) electrons. The molecule has 94 valence electrons. The van der Waals surface area contributed by atoms with Gasteiger partial charge in [0, 0.05) is 30.8 Å². The molecule has 5 heteroatoms. The van der Waals surface area contributed by atoms with Crippen molar-refractivity contribution in [3.8, 4) is 5.88 Å². The van der Waals surface area contributed by atoms with Gasteiger partial charge >= 0.3 is 0 Å². The van der Waals surface area contributed by atoms with E-state index in [0.29, 0.717) is 18.4 Å². The average molecular weight is 237 g/mol. The van der Waals surface area contributed by atoms with Crippen LogP contribution >= 0.6 is 0 Å². The molecule has 0 unspecified atom stereocenters. The van der Waals surface area contributed by atoms with Crippen molar-refractivity contribution in [1.29, 1.82) is 0 Å². The van der Waals surface area contributed by atoms with E-state index in [0.717, 1.165) is 6.54 Å². The molecule has 0 spiro atoms. The predicted octanol–water partition coefficient (Wildman–Crippen LogP) is 1.08. The van der Waals surface area contributed by atoms with E-state index in [2.05, 4.69) is 9.97 Å². The summed E-state index contributed by atoms with van der Waals surface area (Å²) in [5.41, 5.74) is -0.918. The Balaban J connectivity index is 2.25. The molecule has 2 rings (SSSR count). The second-order valence-electron chi connectivity index (χ2n) is 5.41. The standard InChI is InChI=1S/C12H19N3O2/c1-11(2)7-15(8-12(11,3)16)10-13-6-5-9(14-10)17-4/h5-6,16H,7-8H2,1-4H3/t12-/m1/s1. The zero-order valence-corrected chi connectivity index (χ0v) is 10.8. The van der Waals surface area contributed by atoms with Gasteiger partial charge in [0.25, 0.3) is 0 Å². The van der Waals surface area contributed by atoms with Crippen molar-refractivity contribution >= 4 is 5.95 Å². The van der Waals surface area contributed by atoms with E-state index in [9.17, 15) is 5.11 Å². The number of hydrogen-bond donors (Lipinski definition) is 1. The first-order valence-corrected chi connectivity index (χ1v) is 5.70. The molecule has 0 saturated carbocycles. The highest BCUT2D eigenvalue weighted by atomic mass is 16.5. The van der Waals surface area contributed by atoms with Crippen LogP contribution in [0.5, 0.6) is 5.88 Å². The summed E-state index contributed by atoms with van der Waals surface area (Å²) in [5, 5.41) is 10.4. The molecule has 1 aliphatic heterocycles. The van der Waals surface area contributed by atoms with Crippen molar-refractivity contribution < 1.29 is 9.84 Å². The molecule has 1 aromatic rings. The van der Waals surface area contributed by atoms with Gasteiger partial charge in [-0.1, -0.05) is 13.8 Å². The molecule has 1 N–H and O–H groups in total. The van der Waals surface area contributed by atoms with Crippen LogP contribution in [0.2, 0.25) is 0 Å². The van der Waals surface area contributed by atoms with Crippen molar-refractivity contribution in [3.05, 3.63) is 12.3 Å². The molecule has 17 heavy (non-hydrogen) atoms. The Kier molecular flexibility index (Phi) is 2.73. The Morgan fingerprint density at radius 2 is 2.06 bits per heavy atom.